The van der Waals surface area contributed by atoms with Crippen LogP contribution in [-0.2, 0) is 30.9 Å². The summed E-state index contributed by atoms with van der Waals surface area (Å²) in [6.45, 7) is 0.804. The van der Waals surface area contributed by atoms with Crippen molar-refractivity contribution in [1.82, 2.24) is 10.0 Å². The summed E-state index contributed by atoms with van der Waals surface area (Å²) in [5, 5.41) is 11.5. The zero-order valence-electron chi connectivity index (χ0n) is 14.3. The molecule has 1 aromatic carbocycles. The summed E-state index contributed by atoms with van der Waals surface area (Å²) in [6.07, 6.45) is 0.338. The van der Waals surface area contributed by atoms with E-state index in [1.54, 1.807) is 18.2 Å². The lowest BCUT2D eigenvalue weighted by atomic mass is 10.2. The molecule has 0 unspecified atom stereocenters. The van der Waals surface area contributed by atoms with E-state index < -0.39 is 34.5 Å². The maximum atomic E-state index is 12.2. The maximum Gasteiger partial charge on any atom is 0.321 e. The third-order valence-electron chi connectivity index (χ3n) is 3.40. The molecule has 1 heterocycles. The fraction of sp³-hybridized carbons (Fsp3) is 0.235. The minimum atomic E-state index is -4.08. The molecular weight excluding hydrogens is 374 g/mol. The third-order valence-corrected chi connectivity index (χ3v) is 4.86. The summed E-state index contributed by atoms with van der Waals surface area (Å²) >= 11 is 0. The van der Waals surface area contributed by atoms with E-state index in [9.17, 15) is 18.0 Å². The highest BCUT2D eigenvalue weighted by Crippen LogP contribution is 2.13. The standard InChI is InChI=1S/C17H17N3O6S/c1-12(17(22)19-10-14-6-4-8-25-14)26-16(21)11-20-27(23,24)15-7-3-2-5-13(15)9-18/h2-8,12,20H,10-11H2,1H3,(H,19,22)/t12-/m1/s1. The number of carbonyl (C=O) groups is 2. The van der Waals surface area contributed by atoms with Crippen molar-refractivity contribution in [3.8, 4) is 6.07 Å². The Hall–Kier alpha value is -3.16. The van der Waals surface area contributed by atoms with Crippen LogP contribution in [0.1, 0.15) is 18.2 Å². The molecule has 0 fully saturated rings. The van der Waals surface area contributed by atoms with Crippen LogP contribution in [0.25, 0.3) is 0 Å². The van der Waals surface area contributed by atoms with Crippen LogP contribution >= 0.6 is 0 Å². The van der Waals surface area contributed by atoms with Crippen LogP contribution in [0.5, 0.6) is 0 Å². The van der Waals surface area contributed by atoms with Crippen LogP contribution in [-0.4, -0.2) is 32.9 Å². The van der Waals surface area contributed by atoms with Crippen molar-refractivity contribution in [3.63, 3.8) is 0 Å². The molecule has 0 aliphatic carbocycles. The maximum absolute atomic E-state index is 12.2. The van der Waals surface area contributed by atoms with Crippen molar-refractivity contribution in [2.75, 3.05) is 6.54 Å². The number of nitrogens with zero attached hydrogens (tertiary/aromatic N) is 1. The number of sulfonamides is 1. The Labute approximate surface area is 156 Å². The minimum absolute atomic E-state index is 0.0518. The van der Waals surface area contributed by atoms with Gasteiger partial charge in [0.15, 0.2) is 6.10 Å². The zero-order chi connectivity index (χ0) is 19.9. The molecule has 142 valence electrons. The third kappa shape index (κ3) is 5.67. The summed E-state index contributed by atoms with van der Waals surface area (Å²) in [6, 6.07) is 10.7. The summed E-state index contributed by atoms with van der Waals surface area (Å²) < 4.78 is 36.4. The van der Waals surface area contributed by atoms with Crippen molar-refractivity contribution in [2.24, 2.45) is 0 Å². The molecule has 0 bridgehead atoms. The molecule has 2 N–H and O–H groups in total. The first-order valence-corrected chi connectivity index (χ1v) is 9.30. The first kappa shape index (κ1) is 20.2. The monoisotopic (exact) mass is 391 g/mol. The summed E-state index contributed by atoms with van der Waals surface area (Å²) in [4.78, 5) is 23.4. The SMILES string of the molecule is C[C@@H](OC(=O)CNS(=O)(=O)c1ccccc1C#N)C(=O)NCc1ccco1. The van der Waals surface area contributed by atoms with E-state index in [4.69, 9.17) is 14.4 Å². The number of furan rings is 1. The van der Waals surface area contributed by atoms with E-state index in [0.717, 1.165) is 0 Å². The number of ether oxygens (including phenoxy) is 1. The largest absolute Gasteiger partial charge is 0.467 e. The Balaban J connectivity index is 1.86. The molecular formula is C17H17N3O6S. The van der Waals surface area contributed by atoms with Crippen LogP contribution in [0.15, 0.2) is 52.0 Å². The van der Waals surface area contributed by atoms with E-state index >= 15 is 0 Å². The van der Waals surface area contributed by atoms with E-state index in [2.05, 4.69) is 5.32 Å². The van der Waals surface area contributed by atoms with E-state index in [-0.39, 0.29) is 17.0 Å². The van der Waals surface area contributed by atoms with E-state index in [1.807, 2.05) is 4.72 Å². The van der Waals surface area contributed by atoms with Gasteiger partial charge in [-0.05, 0) is 31.2 Å². The second kappa shape index (κ2) is 8.98. The fourth-order valence-corrected chi connectivity index (χ4v) is 3.17. The predicted molar refractivity (Wildman–Crippen MR) is 92.5 cm³/mol. The molecule has 1 aromatic heterocycles. The van der Waals surface area contributed by atoms with Gasteiger partial charge in [0.1, 0.15) is 18.4 Å². The number of carbonyl (C=O) groups excluding carboxylic acids is 2. The van der Waals surface area contributed by atoms with Crippen LogP contribution < -0.4 is 10.0 Å². The number of nitriles is 1. The molecule has 9 nitrogen and oxygen atoms in total. The quantitative estimate of drug-likeness (QED) is 0.631. The van der Waals surface area contributed by atoms with Gasteiger partial charge in [0.05, 0.1) is 23.3 Å². The molecule has 2 aromatic rings. The molecule has 1 amide bonds. The van der Waals surface area contributed by atoms with Crippen molar-refractivity contribution in [2.45, 2.75) is 24.5 Å². The molecule has 10 heteroatoms. The number of hydrogen-bond acceptors (Lipinski definition) is 7. The highest BCUT2D eigenvalue weighted by molar-refractivity contribution is 7.89. The lowest BCUT2D eigenvalue weighted by Gasteiger charge is -2.13. The summed E-state index contributed by atoms with van der Waals surface area (Å²) in [5.74, 6) is -0.961. The van der Waals surface area contributed by atoms with Gasteiger partial charge in [0.2, 0.25) is 10.0 Å². The molecule has 0 saturated heterocycles. The second-order valence-corrected chi connectivity index (χ2v) is 7.10. The molecule has 1 atom stereocenters. The highest BCUT2D eigenvalue weighted by Gasteiger charge is 2.22. The molecule has 0 spiro atoms. The lowest BCUT2D eigenvalue weighted by molar-refractivity contribution is -0.153. The van der Waals surface area contributed by atoms with Crippen LogP contribution in [0, 0.1) is 11.3 Å². The number of nitrogens with one attached hydrogen (secondary N) is 2. The Morgan fingerprint density at radius 3 is 2.67 bits per heavy atom. The Morgan fingerprint density at radius 1 is 1.26 bits per heavy atom. The van der Waals surface area contributed by atoms with Gasteiger partial charge in [-0.25, -0.2) is 8.42 Å². The second-order valence-electron chi connectivity index (χ2n) is 5.36. The first-order valence-electron chi connectivity index (χ1n) is 7.82. The predicted octanol–water partition coefficient (Wildman–Crippen LogP) is 0.678. The van der Waals surface area contributed by atoms with Gasteiger partial charge in [-0.2, -0.15) is 9.98 Å². The zero-order valence-corrected chi connectivity index (χ0v) is 15.2. The molecule has 0 aliphatic rings. The highest BCUT2D eigenvalue weighted by atomic mass is 32.2. The molecule has 0 radical (unpaired) electrons. The van der Waals surface area contributed by atoms with Gasteiger partial charge in [0, 0.05) is 0 Å². The van der Waals surface area contributed by atoms with Crippen molar-refractivity contribution < 1.29 is 27.2 Å². The molecule has 0 aliphatic heterocycles. The first-order chi connectivity index (χ1) is 12.8. The van der Waals surface area contributed by atoms with Crippen molar-refractivity contribution in [3.05, 3.63) is 54.0 Å². The summed E-state index contributed by atoms with van der Waals surface area (Å²) in [5.41, 5.74) is -0.0518. The topological polar surface area (TPSA) is 138 Å². The Morgan fingerprint density at radius 2 is 2.00 bits per heavy atom. The van der Waals surface area contributed by atoms with Crippen LogP contribution in [0.3, 0.4) is 0 Å². The smallest absolute Gasteiger partial charge is 0.321 e. The van der Waals surface area contributed by atoms with Crippen LogP contribution in [0.2, 0.25) is 0 Å². The van der Waals surface area contributed by atoms with Gasteiger partial charge < -0.3 is 14.5 Å². The lowest BCUT2D eigenvalue weighted by Crippen LogP contribution is -2.38. The number of benzene rings is 1. The minimum Gasteiger partial charge on any atom is -0.467 e. The van der Waals surface area contributed by atoms with Gasteiger partial charge in [-0.15, -0.1) is 0 Å². The van der Waals surface area contributed by atoms with Gasteiger partial charge in [0.25, 0.3) is 5.91 Å². The number of rotatable bonds is 8. The average molecular weight is 391 g/mol. The van der Waals surface area contributed by atoms with Gasteiger partial charge in [-0.3, -0.25) is 9.59 Å². The van der Waals surface area contributed by atoms with Crippen molar-refractivity contribution in [1.29, 1.82) is 5.26 Å². The Bertz CT molecular complexity index is 947. The fourth-order valence-electron chi connectivity index (χ4n) is 2.05. The molecule has 2 rings (SSSR count). The number of esters is 1. The normalized spacial score (nSPS) is 12.0. The van der Waals surface area contributed by atoms with Gasteiger partial charge in [-0.1, -0.05) is 12.1 Å². The van der Waals surface area contributed by atoms with E-state index in [1.165, 1.54) is 37.5 Å². The van der Waals surface area contributed by atoms with Crippen molar-refractivity contribution >= 4 is 21.9 Å². The van der Waals surface area contributed by atoms with E-state index in [0.29, 0.717) is 5.76 Å². The molecule has 0 saturated carbocycles. The van der Waals surface area contributed by atoms with Crippen LogP contribution in [0.4, 0.5) is 0 Å². The number of hydrogen-bond donors (Lipinski definition) is 2. The summed E-state index contributed by atoms with van der Waals surface area (Å²) in [7, 11) is -4.08. The number of amides is 1. The average Bonchev–Trinajstić information content (AvgIpc) is 3.18. The Kier molecular flexibility index (Phi) is 6.70. The van der Waals surface area contributed by atoms with Gasteiger partial charge >= 0.3 is 5.97 Å². The molecule has 27 heavy (non-hydrogen) atoms.